The van der Waals surface area contributed by atoms with Crippen molar-refractivity contribution in [3.8, 4) is 0 Å². The van der Waals surface area contributed by atoms with Crippen LogP contribution in [0.4, 0.5) is 0 Å². The SMILES string of the molecule is O=C(CC1CCC1)c1cocn1. The van der Waals surface area contributed by atoms with Crippen LogP contribution in [0.15, 0.2) is 17.1 Å². The lowest BCUT2D eigenvalue weighted by Crippen LogP contribution is -2.16. The summed E-state index contributed by atoms with van der Waals surface area (Å²) in [6.07, 6.45) is 7.03. The van der Waals surface area contributed by atoms with Crippen molar-refractivity contribution in [1.82, 2.24) is 4.98 Å². The largest absolute Gasteiger partial charge is 0.451 e. The molecule has 1 aromatic rings. The van der Waals surface area contributed by atoms with Crippen LogP contribution in [-0.2, 0) is 0 Å². The Morgan fingerprint density at radius 3 is 3.00 bits per heavy atom. The third kappa shape index (κ3) is 1.40. The van der Waals surface area contributed by atoms with Crippen LogP contribution in [0.2, 0.25) is 0 Å². The van der Waals surface area contributed by atoms with E-state index in [1.54, 1.807) is 0 Å². The minimum atomic E-state index is 0.119. The third-order valence-electron chi connectivity index (χ3n) is 2.42. The van der Waals surface area contributed by atoms with Crippen molar-refractivity contribution in [2.75, 3.05) is 0 Å². The van der Waals surface area contributed by atoms with E-state index in [1.807, 2.05) is 0 Å². The summed E-state index contributed by atoms with van der Waals surface area (Å²) in [5.41, 5.74) is 0.474. The minimum Gasteiger partial charge on any atom is -0.451 e. The van der Waals surface area contributed by atoms with E-state index in [9.17, 15) is 4.79 Å². The third-order valence-corrected chi connectivity index (χ3v) is 2.42. The Bertz CT molecular complexity index is 262. The van der Waals surface area contributed by atoms with Gasteiger partial charge in [-0.15, -0.1) is 0 Å². The van der Waals surface area contributed by atoms with Gasteiger partial charge in [0.1, 0.15) is 12.0 Å². The van der Waals surface area contributed by atoms with E-state index in [0.717, 1.165) is 0 Å². The fourth-order valence-electron chi connectivity index (χ4n) is 1.41. The molecule has 0 atom stereocenters. The van der Waals surface area contributed by atoms with Gasteiger partial charge in [0.25, 0.3) is 0 Å². The normalized spacial score (nSPS) is 17.3. The fourth-order valence-corrected chi connectivity index (χ4v) is 1.41. The highest BCUT2D eigenvalue weighted by Gasteiger charge is 2.22. The number of nitrogens with zero attached hydrogens (tertiary/aromatic N) is 1. The lowest BCUT2D eigenvalue weighted by molar-refractivity contribution is 0.0931. The molecule has 0 N–H and O–H groups in total. The first-order valence-electron chi connectivity index (χ1n) is 4.27. The number of hydrogen-bond donors (Lipinski definition) is 0. The van der Waals surface area contributed by atoms with E-state index < -0.39 is 0 Å². The van der Waals surface area contributed by atoms with Gasteiger partial charge >= 0.3 is 0 Å². The predicted molar refractivity (Wildman–Crippen MR) is 42.8 cm³/mol. The molecule has 1 fully saturated rings. The van der Waals surface area contributed by atoms with E-state index in [4.69, 9.17) is 4.42 Å². The van der Waals surface area contributed by atoms with Crippen LogP contribution in [0.25, 0.3) is 0 Å². The Hall–Kier alpha value is -1.12. The zero-order chi connectivity index (χ0) is 8.39. The van der Waals surface area contributed by atoms with Crippen molar-refractivity contribution in [2.45, 2.75) is 25.7 Å². The van der Waals surface area contributed by atoms with Gasteiger partial charge in [-0.3, -0.25) is 4.79 Å². The Kier molecular flexibility index (Phi) is 1.94. The van der Waals surface area contributed by atoms with Crippen LogP contribution in [0.3, 0.4) is 0 Å². The van der Waals surface area contributed by atoms with Crippen LogP contribution in [0.1, 0.15) is 36.2 Å². The van der Waals surface area contributed by atoms with Crippen LogP contribution in [0.5, 0.6) is 0 Å². The average Bonchev–Trinajstić information content (AvgIpc) is 2.47. The minimum absolute atomic E-state index is 0.119. The fraction of sp³-hybridized carbons (Fsp3) is 0.556. The van der Waals surface area contributed by atoms with Crippen LogP contribution in [-0.4, -0.2) is 10.8 Å². The molecule has 1 aromatic heterocycles. The molecule has 0 aliphatic heterocycles. The van der Waals surface area contributed by atoms with E-state index in [1.165, 1.54) is 31.9 Å². The molecule has 64 valence electrons. The highest BCUT2D eigenvalue weighted by atomic mass is 16.3. The van der Waals surface area contributed by atoms with Crippen molar-refractivity contribution < 1.29 is 9.21 Å². The van der Waals surface area contributed by atoms with Gasteiger partial charge in [-0.25, -0.2) is 4.98 Å². The van der Waals surface area contributed by atoms with Gasteiger partial charge in [0.2, 0.25) is 0 Å². The lowest BCUT2D eigenvalue weighted by Gasteiger charge is -2.23. The zero-order valence-electron chi connectivity index (χ0n) is 6.82. The summed E-state index contributed by atoms with van der Waals surface area (Å²) in [6, 6.07) is 0. The second-order valence-corrected chi connectivity index (χ2v) is 3.30. The van der Waals surface area contributed by atoms with Crippen molar-refractivity contribution >= 4 is 5.78 Å². The standard InChI is InChI=1S/C9H11NO2/c11-9(4-7-2-1-3-7)8-5-12-6-10-8/h5-7H,1-4H2. The van der Waals surface area contributed by atoms with Gasteiger partial charge < -0.3 is 4.42 Å². The molecule has 0 unspecified atom stereocenters. The topological polar surface area (TPSA) is 43.1 Å². The monoisotopic (exact) mass is 165 g/mol. The molecular weight excluding hydrogens is 154 g/mol. The van der Waals surface area contributed by atoms with Gasteiger partial charge in [0.15, 0.2) is 12.2 Å². The van der Waals surface area contributed by atoms with Crippen LogP contribution < -0.4 is 0 Å². The molecule has 0 radical (unpaired) electrons. The Balaban J connectivity index is 1.92. The highest BCUT2D eigenvalue weighted by Crippen LogP contribution is 2.30. The van der Waals surface area contributed by atoms with E-state index in [-0.39, 0.29) is 5.78 Å². The first-order chi connectivity index (χ1) is 5.86. The smallest absolute Gasteiger partial charge is 0.184 e. The van der Waals surface area contributed by atoms with Gasteiger partial charge in [-0.05, 0) is 5.92 Å². The summed E-state index contributed by atoms with van der Waals surface area (Å²) < 4.78 is 4.74. The second-order valence-electron chi connectivity index (χ2n) is 3.30. The maximum absolute atomic E-state index is 11.4. The number of hydrogen-bond acceptors (Lipinski definition) is 3. The number of oxazole rings is 1. The van der Waals surface area contributed by atoms with E-state index in [0.29, 0.717) is 18.0 Å². The Morgan fingerprint density at radius 1 is 1.67 bits per heavy atom. The van der Waals surface area contributed by atoms with Crippen LogP contribution in [0, 0.1) is 5.92 Å². The number of rotatable bonds is 3. The first-order valence-corrected chi connectivity index (χ1v) is 4.27. The maximum Gasteiger partial charge on any atom is 0.184 e. The lowest BCUT2D eigenvalue weighted by atomic mass is 9.81. The molecule has 1 heterocycles. The Labute approximate surface area is 70.8 Å². The van der Waals surface area contributed by atoms with E-state index in [2.05, 4.69) is 4.98 Å². The van der Waals surface area contributed by atoms with Crippen molar-refractivity contribution in [1.29, 1.82) is 0 Å². The average molecular weight is 165 g/mol. The van der Waals surface area contributed by atoms with Gasteiger partial charge in [0, 0.05) is 6.42 Å². The number of Topliss-reactive ketones (excluding diaryl/α,β-unsaturated/α-hetero) is 1. The number of aromatic nitrogens is 1. The summed E-state index contributed by atoms with van der Waals surface area (Å²) in [4.78, 5) is 15.2. The molecule has 1 aliphatic rings. The van der Waals surface area contributed by atoms with Gasteiger partial charge in [-0.1, -0.05) is 19.3 Å². The van der Waals surface area contributed by atoms with Crippen molar-refractivity contribution in [2.24, 2.45) is 5.92 Å². The highest BCUT2D eigenvalue weighted by molar-refractivity contribution is 5.93. The van der Waals surface area contributed by atoms with Crippen LogP contribution >= 0.6 is 0 Å². The molecule has 0 saturated heterocycles. The molecule has 1 saturated carbocycles. The zero-order valence-corrected chi connectivity index (χ0v) is 6.82. The van der Waals surface area contributed by atoms with Gasteiger partial charge in [-0.2, -0.15) is 0 Å². The molecule has 0 bridgehead atoms. The second kappa shape index (κ2) is 3.09. The number of ketones is 1. The predicted octanol–water partition coefficient (Wildman–Crippen LogP) is 2.05. The summed E-state index contributed by atoms with van der Waals surface area (Å²) >= 11 is 0. The molecule has 0 amide bonds. The summed E-state index contributed by atoms with van der Waals surface area (Å²) in [5, 5.41) is 0. The molecule has 1 aliphatic carbocycles. The molecule has 2 rings (SSSR count). The maximum atomic E-state index is 11.4. The molecule has 3 nitrogen and oxygen atoms in total. The number of carbonyl (C=O) groups excluding carboxylic acids is 1. The summed E-state index contributed by atoms with van der Waals surface area (Å²) in [7, 11) is 0. The summed E-state index contributed by atoms with van der Waals surface area (Å²) in [6.45, 7) is 0. The Morgan fingerprint density at radius 2 is 2.50 bits per heavy atom. The quantitative estimate of drug-likeness (QED) is 0.644. The number of carbonyl (C=O) groups is 1. The summed E-state index contributed by atoms with van der Waals surface area (Å²) in [5.74, 6) is 0.725. The van der Waals surface area contributed by atoms with Crippen molar-refractivity contribution in [3.05, 3.63) is 18.4 Å². The molecule has 12 heavy (non-hydrogen) atoms. The molecule has 0 spiro atoms. The molecular formula is C9H11NO2. The van der Waals surface area contributed by atoms with Gasteiger partial charge in [0.05, 0.1) is 0 Å². The first kappa shape index (κ1) is 7.53. The van der Waals surface area contributed by atoms with E-state index >= 15 is 0 Å². The molecule has 0 aromatic carbocycles. The van der Waals surface area contributed by atoms with Crippen molar-refractivity contribution in [3.63, 3.8) is 0 Å². The molecule has 3 heteroatoms.